The number of carboxylic acids is 1. The Kier molecular flexibility index (Phi) is 8.24. The van der Waals surface area contributed by atoms with Crippen LogP contribution >= 0.6 is 0 Å². The maximum absolute atomic E-state index is 14.9. The molecule has 6 rings (SSSR count). The van der Waals surface area contributed by atoms with Gasteiger partial charge in [-0.2, -0.15) is 0 Å². The average Bonchev–Trinajstić information content (AvgIpc) is 3.61. The van der Waals surface area contributed by atoms with Gasteiger partial charge in [0.15, 0.2) is 0 Å². The van der Waals surface area contributed by atoms with E-state index in [-0.39, 0.29) is 23.6 Å². The first-order valence-corrected chi connectivity index (χ1v) is 16.0. The number of rotatable bonds is 5. The molecule has 3 aliphatic heterocycles. The Bertz CT molecular complexity index is 1650. The first kappa shape index (κ1) is 30.9. The quantitative estimate of drug-likeness (QED) is 0.400. The van der Waals surface area contributed by atoms with Crippen molar-refractivity contribution >= 4 is 18.0 Å². The van der Waals surface area contributed by atoms with Crippen molar-refractivity contribution in [3.05, 3.63) is 81.7 Å². The van der Waals surface area contributed by atoms with Crippen molar-refractivity contribution in [1.82, 2.24) is 19.3 Å². The van der Waals surface area contributed by atoms with E-state index in [0.717, 1.165) is 42.7 Å². The number of aromatic nitrogens is 1. The molecule has 0 bridgehead atoms. The first-order chi connectivity index (χ1) is 21.4. The third-order valence-electron chi connectivity index (χ3n) is 9.50. The Morgan fingerprint density at radius 2 is 1.64 bits per heavy atom. The molecular weight excluding hydrogens is 568 g/mol. The summed E-state index contributed by atoms with van der Waals surface area (Å²) in [7, 11) is 1.83. The summed E-state index contributed by atoms with van der Waals surface area (Å²) in [5.41, 5.74) is 6.17. The molecule has 0 radical (unpaired) electrons. The van der Waals surface area contributed by atoms with Gasteiger partial charge in [-0.1, -0.05) is 24.3 Å². The summed E-state index contributed by atoms with van der Waals surface area (Å²) in [6.45, 7) is 11.5. The van der Waals surface area contributed by atoms with Gasteiger partial charge in [0.1, 0.15) is 5.60 Å². The van der Waals surface area contributed by atoms with E-state index in [1.807, 2.05) is 61.7 Å². The highest BCUT2D eigenvalue weighted by molar-refractivity contribution is 6.05. The molecular formula is C36H44N4O5. The van der Waals surface area contributed by atoms with E-state index in [9.17, 15) is 19.5 Å². The fourth-order valence-electron chi connectivity index (χ4n) is 7.10. The van der Waals surface area contributed by atoms with Crippen molar-refractivity contribution in [2.75, 3.05) is 26.2 Å². The number of hydrogen-bond donors (Lipinski definition) is 1. The Morgan fingerprint density at radius 3 is 2.33 bits per heavy atom. The van der Waals surface area contributed by atoms with Crippen molar-refractivity contribution in [3.8, 4) is 11.1 Å². The zero-order valence-corrected chi connectivity index (χ0v) is 27.1. The van der Waals surface area contributed by atoms with Crippen LogP contribution in [0, 0.1) is 6.92 Å². The number of hydrogen-bond acceptors (Lipinski definition) is 5. The molecule has 1 aromatic heterocycles. The van der Waals surface area contributed by atoms with E-state index in [2.05, 4.69) is 23.1 Å². The highest BCUT2D eigenvalue weighted by Gasteiger charge is 2.35. The fraction of sp³-hybridized carbons (Fsp3) is 0.472. The molecule has 2 aromatic carbocycles. The van der Waals surface area contributed by atoms with Crippen LogP contribution in [0.5, 0.6) is 0 Å². The van der Waals surface area contributed by atoms with Gasteiger partial charge in [-0.15, -0.1) is 0 Å². The second-order valence-corrected chi connectivity index (χ2v) is 13.8. The lowest BCUT2D eigenvalue weighted by Gasteiger charge is -2.39. The number of likely N-dealkylation sites (tertiary alicyclic amines) is 1. The number of aromatic carboxylic acids is 1. The minimum absolute atomic E-state index is 0.0101. The zero-order valence-electron chi connectivity index (χ0n) is 27.1. The first-order valence-electron chi connectivity index (χ1n) is 16.0. The molecule has 1 atom stereocenters. The van der Waals surface area contributed by atoms with Crippen LogP contribution in [-0.4, -0.2) is 80.2 Å². The van der Waals surface area contributed by atoms with E-state index >= 15 is 0 Å². The molecule has 2 amide bonds. The van der Waals surface area contributed by atoms with E-state index in [0.29, 0.717) is 48.4 Å². The summed E-state index contributed by atoms with van der Waals surface area (Å²) in [5, 5.41) is 10.3. The normalized spacial score (nSPS) is 18.5. The molecule has 238 valence electrons. The van der Waals surface area contributed by atoms with Crippen LogP contribution in [0.3, 0.4) is 0 Å². The number of carbonyl (C=O) groups is 3. The Hall–Kier alpha value is -4.11. The highest BCUT2D eigenvalue weighted by atomic mass is 16.6. The molecule has 9 nitrogen and oxygen atoms in total. The molecule has 1 saturated heterocycles. The fourth-order valence-corrected chi connectivity index (χ4v) is 7.10. The van der Waals surface area contributed by atoms with Crippen molar-refractivity contribution in [1.29, 1.82) is 0 Å². The molecule has 4 heterocycles. The predicted molar refractivity (Wildman–Crippen MR) is 172 cm³/mol. The molecule has 0 aliphatic carbocycles. The molecule has 1 fully saturated rings. The van der Waals surface area contributed by atoms with E-state index in [1.165, 1.54) is 18.4 Å². The average molecular weight is 613 g/mol. The zero-order chi connectivity index (χ0) is 32.0. The van der Waals surface area contributed by atoms with Gasteiger partial charge in [0.05, 0.1) is 5.56 Å². The number of aryl methyl sites for hydroxylation is 1. The lowest BCUT2D eigenvalue weighted by Crippen LogP contribution is -2.49. The smallest absolute Gasteiger partial charge is 0.410 e. The van der Waals surface area contributed by atoms with Gasteiger partial charge in [0, 0.05) is 62.3 Å². The third-order valence-corrected chi connectivity index (χ3v) is 9.50. The Balaban J connectivity index is 1.45. The molecule has 3 aliphatic rings. The molecule has 45 heavy (non-hydrogen) atoms. The third kappa shape index (κ3) is 6.23. The van der Waals surface area contributed by atoms with Crippen LogP contribution in [0.4, 0.5) is 4.79 Å². The minimum atomic E-state index is -1.02. The van der Waals surface area contributed by atoms with Crippen molar-refractivity contribution in [2.24, 2.45) is 7.05 Å². The molecule has 0 saturated carbocycles. The van der Waals surface area contributed by atoms with Gasteiger partial charge in [-0.25, -0.2) is 9.59 Å². The van der Waals surface area contributed by atoms with Gasteiger partial charge in [0.2, 0.25) is 0 Å². The van der Waals surface area contributed by atoms with Gasteiger partial charge >= 0.3 is 12.1 Å². The van der Waals surface area contributed by atoms with Gasteiger partial charge < -0.3 is 29.1 Å². The maximum Gasteiger partial charge on any atom is 0.410 e. The molecule has 0 unspecified atom stereocenters. The van der Waals surface area contributed by atoms with Crippen molar-refractivity contribution in [3.63, 3.8) is 0 Å². The molecule has 0 spiro atoms. The van der Waals surface area contributed by atoms with Crippen LogP contribution < -0.4 is 0 Å². The Morgan fingerprint density at radius 1 is 0.933 bits per heavy atom. The summed E-state index contributed by atoms with van der Waals surface area (Å²) in [6.07, 6.45) is 5.14. The van der Waals surface area contributed by atoms with Crippen molar-refractivity contribution < 1.29 is 24.2 Å². The van der Waals surface area contributed by atoms with Crippen LogP contribution in [-0.2, 0) is 37.7 Å². The molecule has 3 aromatic rings. The number of nitrogens with zero attached hydrogens (tertiary/aromatic N) is 4. The standard InChI is InChI=1S/C36H44N4O5/c1-23-32(34(42)43)31(22-37(23)5)29-17-25-12-15-39(35(44)45-36(2,3)4)19-27(25)18-30(29)33(41)40-20-26-11-7-6-10-24(26)16-28(40)21-38-13-8-9-14-38/h6-7,10-11,17-18,22,28H,8-9,12-16,19-21H2,1-5H3,(H,42,43)/t28-/m0/s1. The van der Waals surface area contributed by atoms with Gasteiger partial charge in [-0.3, -0.25) is 4.79 Å². The second kappa shape index (κ2) is 12.0. The lowest BCUT2D eigenvalue weighted by atomic mass is 9.88. The summed E-state index contributed by atoms with van der Waals surface area (Å²) >= 11 is 0. The number of amides is 2. The highest BCUT2D eigenvalue weighted by Crippen LogP contribution is 2.37. The summed E-state index contributed by atoms with van der Waals surface area (Å²) in [6, 6.07) is 12.2. The predicted octanol–water partition coefficient (Wildman–Crippen LogP) is 5.65. The Labute approximate surface area is 265 Å². The number of carbonyl (C=O) groups excluding carboxylic acids is 2. The van der Waals surface area contributed by atoms with Gasteiger partial charge in [-0.05, 0) is 106 Å². The largest absolute Gasteiger partial charge is 0.478 e. The van der Waals surface area contributed by atoms with E-state index in [1.54, 1.807) is 11.8 Å². The van der Waals surface area contributed by atoms with Crippen LogP contribution in [0.25, 0.3) is 11.1 Å². The summed E-state index contributed by atoms with van der Waals surface area (Å²) in [4.78, 5) is 46.6. The second-order valence-electron chi connectivity index (χ2n) is 13.8. The van der Waals surface area contributed by atoms with Gasteiger partial charge in [0.25, 0.3) is 5.91 Å². The topological polar surface area (TPSA) is 95.3 Å². The van der Waals surface area contributed by atoms with E-state index in [4.69, 9.17) is 4.74 Å². The van der Waals surface area contributed by atoms with Crippen LogP contribution in [0.15, 0.2) is 42.6 Å². The minimum Gasteiger partial charge on any atom is -0.478 e. The van der Waals surface area contributed by atoms with E-state index < -0.39 is 11.6 Å². The summed E-state index contributed by atoms with van der Waals surface area (Å²) < 4.78 is 7.48. The number of fused-ring (bicyclic) bond motifs is 2. The van der Waals surface area contributed by atoms with Crippen LogP contribution in [0.1, 0.15) is 82.3 Å². The number of benzene rings is 2. The monoisotopic (exact) mass is 612 g/mol. The lowest BCUT2D eigenvalue weighted by molar-refractivity contribution is 0.0223. The maximum atomic E-state index is 14.9. The number of carboxylic acid groups (broad SMARTS) is 1. The van der Waals surface area contributed by atoms with Crippen molar-refractivity contribution in [2.45, 2.75) is 78.1 Å². The molecule has 9 heteroatoms. The molecule has 1 N–H and O–H groups in total. The van der Waals surface area contributed by atoms with Crippen LogP contribution in [0.2, 0.25) is 0 Å². The number of ether oxygens (including phenoxy) is 1. The SMILES string of the molecule is Cc1c(C(=O)O)c(-c2cc3c(cc2C(=O)N2Cc4ccccc4C[C@H]2CN2CCCC2)CN(C(=O)OC(C)(C)C)CC3)cn1C. The summed E-state index contributed by atoms with van der Waals surface area (Å²) in [5.74, 6) is -1.13.